The number of ether oxygens (including phenoxy) is 1. The summed E-state index contributed by atoms with van der Waals surface area (Å²) in [6, 6.07) is 14.0. The van der Waals surface area contributed by atoms with Gasteiger partial charge in [0, 0.05) is 24.5 Å². The number of rotatable bonds is 6. The highest BCUT2D eigenvalue weighted by atomic mass is 16.6. The van der Waals surface area contributed by atoms with Gasteiger partial charge in [0.2, 0.25) is 0 Å². The summed E-state index contributed by atoms with van der Waals surface area (Å²) in [5, 5.41) is 2.82. The van der Waals surface area contributed by atoms with E-state index in [-0.39, 0.29) is 0 Å². The SMILES string of the molecule is CC(C)c1ccc(NC(=O)Oc2ccc3c(c2)CCN3CCC2CCCCC2)cc1. The summed E-state index contributed by atoms with van der Waals surface area (Å²) >= 11 is 0. The molecule has 1 fully saturated rings. The van der Waals surface area contributed by atoms with Crippen molar-refractivity contribution in [1.29, 1.82) is 0 Å². The molecule has 4 heteroatoms. The van der Waals surface area contributed by atoms with Gasteiger partial charge >= 0.3 is 6.09 Å². The molecule has 0 spiro atoms. The Morgan fingerprint density at radius 3 is 2.60 bits per heavy atom. The largest absolute Gasteiger partial charge is 0.417 e. The van der Waals surface area contributed by atoms with Crippen molar-refractivity contribution in [3.8, 4) is 5.75 Å². The molecule has 1 aliphatic heterocycles. The summed E-state index contributed by atoms with van der Waals surface area (Å²) < 4.78 is 5.54. The lowest BCUT2D eigenvalue weighted by molar-refractivity contribution is 0.215. The number of nitrogens with one attached hydrogen (secondary N) is 1. The second-order valence-electron chi connectivity index (χ2n) is 9.11. The van der Waals surface area contributed by atoms with Crippen molar-refractivity contribution in [1.82, 2.24) is 0 Å². The highest BCUT2D eigenvalue weighted by Crippen LogP contribution is 2.33. The van der Waals surface area contributed by atoms with Crippen molar-refractivity contribution in [2.24, 2.45) is 5.92 Å². The number of hydrogen-bond donors (Lipinski definition) is 1. The maximum Gasteiger partial charge on any atom is 0.417 e. The van der Waals surface area contributed by atoms with E-state index in [1.807, 2.05) is 36.4 Å². The molecule has 30 heavy (non-hydrogen) atoms. The number of carbonyl (C=O) groups excluding carboxylic acids is 1. The minimum Gasteiger partial charge on any atom is -0.410 e. The molecule has 2 aliphatic rings. The van der Waals surface area contributed by atoms with E-state index >= 15 is 0 Å². The smallest absolute Gasteiger partial charge is 0.410 e. The normalized spacial score (nSPS) is 16.6. The van der Waals surface area contributed by atoms with Crippen LogP contribution in [0.3, 0.4) is 0 Å². The lowest BCUT2D eigenvalue weighted by Crippen LogP contribution is -2.24. The molecular formula is C26H34N2O2. The van der Waals surface area contributed by atoms with Crippen LogP contribution >= 0.6 is 0 Å². The van der Waals surface area contributed by atoms with Gasteiger partial charge in [0.1, 0.15) is 5.75 Å². The van der Waals surface area contributed by atoms with Crippen LogP contribution in [0.1, 0.15) is 69.4 Å². The van der Waals surface area contributed by atoms with Crippen LogP contribution in [0.25, 0.3) is 0 Å². The molecular weight excluding hydrogens is 372 g/mol. The predicted molar refractivity (Wildman–Crippen MR) is 124 cm³/mol. The third kappa shape index (κ3) is 5.16. The Balaban J connectivity index is 1.31. The average Bonchev–Trinajstić information content (AvgIpc) is 3.15. The minimum atomic E-state index is -0.445. The van der Waals surface area contributed by atoms with Gasteiger partial charge in [-0.2, -0.15) is 0 Å². The molecule has 2 aromatic rings. The standard InChI is InChI=1S/C26H34N2O2/c1-19(2)21-8-10-23(11-9-21)27-26(29)30-24-12-13-25-22(18-24)15-17-28(25)16-14-20-6-4-3-5-7-20/h8-13,18-20H,3-7,14-17H2,1-2H3,(H,27,29). The first kappa shape index (κ1) is 20.8. The van der Waals surface area contributed by atoms with Crippen LogP contribution in [-0.2, 0) is 6.42 Å². The number of anilines is 2. The van der Waals surface area contributed by atoms with E-state index in [0.29, 0.717) is 11.7 Å². The Labute approximate surface area is 180 Å². The number of benzene rings is 2. The summed E-state index contributed by atoms with van der Waals surface area (Å²) in [6.07, 6.45) is 8.93. The molecule has 1 amide bonds. The third-order valence-electron chi connectivity index (χ3n) is 6.61. The van der Waals surface area contributed by atoms with Gasteiger partial charge in [-0.1, -0.05) is 58.1 Å². The number of amides is 1. The fourth-order valence-corrected chi connectivity index (χ4v) is 4.76. The van der Waals surface area contributed by atoms with Crippen LogP contribution in [0.5, 0.6) is 5.75 Å². The lowest BCUT2D eigenvalue weighted by atomic mass is 9.87. The molecule has 0 aromatic heterocycles. The lowest BCUT2D eigenvalue weighted by Gasteiger charge is -2.26. The summed E-state index contributed by atoms with van der Waals surface area (Å²) in [5.41, 5.74) is 4.59. The van der Waals surface area contributed by atoms with Gasteiger partial charge in [-0.05, 0) is 66.1 Å². The summed E-state index contributed by atoms with van der Waals surface area (Å²) in [5.74, 6) is 1.99. The van der Waals surface area contributed by atoms with Crippen molar-refractivity contribution in [3.63, 3.8) is 0 Å². The number of fused-ring (bicyclic) bond motifs is 1. The molecule has 0 unspecified atom stereocenters. The average molecular weight is 407 g/mol. The van der Waals surface area contributed by atoms with Crippen LogP contribution in [0.4, 0.5) is 16.2 Å². The molecule has 4 rings (SSSR count). The highest BCUT2D eigenvalue weighted by Gasteiger charge is 2.22. The molecule has 4 nitrogen and oxygen atoms in total. The summed E-state index contributed by atoms with van der Waals surface area (Å²) in [6.45, 7) is 6.52. The maximum absolute atomic E-state index is 12.3. The molecule has 2 aromatic carbocycles. The quantitative estimate of drug-likeness (QED) is 0.576. The monoisotopic (exact) mass is 406 g/mol. The van der Waals surface area contributed by atoms with E-state index in [2.05, 4.69) is 30.1 Å². The predicted octanol–water partition coefficient (Wildman–Crippen LogP) is 6.75. The van der Waals surface area contributed by atoms with E-state index in [4.69, 9.17) is 4.74 Å². The number of hydrogen-bond acceptors (Lipinski definition) is 3. The van der Waals surface area contributed by atoms with Crippen molar-refractivity contribution >= 4 is 17.5 Å². The maximum atomic E-state index is 12.3. The van der Waals surface area contributed by atoms with Gasteiger partial charge in [0.25, 0.3) is 0 Å². The Morgan fingerprint density at radius 2 is 1.87 bits per heavy atom. The fourth-order valence-electron chi connectivity index (χ4n) is 4.76. The number of nitrogens with zero attached hydrogens (tertiary/aromatic N) is 1. The van der Waals surface area contributed by atoms with Crippen LogP contribution in [0.15, 0.2) is 42.5 Å². The van der Waals surface area contributed by atoms with Gasteiger partial charge in [-0.3, -0.25) is 5.32 Å². The van der Waals surface area contributed by atoms with Crippen molar-refractivity contribution in [3.05, 3.63) is 53.6 Å². The third-order valence-corrected chi connectivity index (χ3v) is 6.61. The van der Waals surface area contributed by atoms with Crippen LogP contribution < -0.4 is 15.0 Å². The topological polar surface area (TPSA) is 41.6 Å². The Hall–Kier alpha value is -2.49. The Morgan fingerprint density at radius 1 is 1.10 bits per heavy atom. The van der Waals surface area contributed by atoms with Crippen LogP contribution in [0.2, 0.25) is 0 Å². The van der Waals surface area contributed by atoms with E-state index < -0.39 is 6.09 Å². The molecule has 0 atom stereocenters. The fraction of sp³-hybridized carbons (Fsp3) is 0.500. The van der Waals surface area contributed by atoms with Crippen molar-refractivity contribution < 1.29 is 9.53 Å². The van der Waals surface area contributed by atoms with Crippen LogP contribution in [-0.4, -0.2) is 19.2 Å². The summed E-state index contributed by atoms with van der Waals surface area (Å²) in [7, 11) is 0. The second kappa shape index (κ2) is 9.55. The Kier molecular flexibility index (Phi) is 6.61. The Bertz CT molecular complexity index is 854. The van der Waals surface area contributed by atoms with Gasteiger partial charge in [-0.15, -0.1) is 0 Å². The summed E-state index contributed by atoms with van der Waals surface area (Å²) in [4.78, 5) is 14.8. The van der Waals surface area contributed by atoms with Crippen molar-refractivity contribution in [2.75, 3.05) is 23.3 Å². The van der Waals surface area contributed by atoms with Gasteiger partial charge < -0.3 is 9.64 Å². The molecule has 0 bridgehead atoms. The minimum absolute atomic E-state index is 0.445. The van der Waals surface area contributed by atoms with E-state index in [9.17, 15) is 4.79 Å². The molecule has 1 N–H and O–H groups in total. The first-order valence-corrected chi connectivity index (χ1v) is 11.5. The van der Waals surface area contributed by atoms with Gasteiger partial charge in [-0.25, -0.2) is 4.79 Å². The first-order valence-electron chi connectivity index (χ1n) is 11.5. The molecule has 0 saturated heterocycles. The molecule has 1 aliphatic carbocycles. The molecule has 0 radical (unpaired) electrons. The van der Waals surface area contributed by atoms with Crippen LogP contribution in [0, 0.1) is 5.92 Å². The second-order valence-corrected chi connectivity index (χ2v) is 9.11. The first-order chi connectivity index (χ1) is 14.6. The van der Waals surface area contributed by atoms with E-state index in [1.165, 1.54) is 55.3 Å². The molecule has 1 saturated carbocycles. The number of carbonyl (C=O) groups is 1. The molecule has 160 valence electrons. The van der Waals surface area contributed by atoms with E-state index in [0.717, 1.165) is 31.1 Å². The zero-order valence-corrected chi connectivity index (χ0v) is 18.3. The highest BCUT2D eigenvalue weighted by molar-refractivity contribution is 5.86. The van der Waals surface area contributed by atoms with Gasteiger partial charge in [0.05, 0.1) is 0 Å². The molecule has 1 heterocycles. The zero-order chi connectivity index (χ0) is 20.9. The zero-order valence-electron chi connectivity index (χ0n) is 18.3. The van der Waals surface area contributed by atoms with E-state index in [1.54, 1.807) is 0 Å². The van der Waals surface area contributed by atoms with Crippen molar-refractivity contribution in [2.45, 2.75) is 64.7 Å². The van der Waals surface area contributed by atoms with Gasteiger partial charge in [0.15, 0.2) is 0 Å².